The molecule has 15 heavy (non-hydrogen) atoms. The van der Waals surface area contributed by atoms with Crippen molar-refractivity contribution in [3.63, 3.8) is 0 Å². The van der Waals surface area contributed by atoms with Crippen molar-refractivity contribution >= 4 is 9.84 Å². The first kappa shape index (κ1) is 12.9. The van der Waals surface area contributed by atoms with Gasteiger partial charge in [-0.2, -0.15) is 0 Å². The van der Waals surface area contributed by atoms with Gasteiger partial charge >= 0.3 is 0 Å². The van der Waals surface area contributed by atoms with Crippen LogP contribution in [0.5, 0.6) is 0 Å². The van der Waals surface area contributed by atoms with Gasteiger partial charge in [0.2, 0.25) is 0 Å². The molecular weight excluding hydrogens is 216 g/mol. The molecule has 0 aromatic heterocycles. The standard InChI is InChI=1S/C10H20O4S/c1-2-4-14-7-10(11)6-9-3-5-15(12,13)8-9/h9-11H,2-8H2,1H3. The zero-order valence-corrected chi connectivity index (χ0v) is 10.0. The molecule has 0 aromatic rings. The number of rotatable bonds is 6. The van der Waals surface area contributed by atoms with E-state index in [-0.39, 0.29) is 17.4 Å². The van der Waals surface area contributed by atoms with Gasteiger partial charge in [-0.3, -0.25) is 0 Å². The first-order chi connectivity index (χ1) is 7.03. The molecule has 0 bridgehead atoms. The average molecular weight is 236 g/mol. The van der Waals surface area contributed by atoms with Gasteiger partial charge in [0, 0.05) is 6.61 Å². The van der Waals surface area contributed by atoms with Crippen LogP contribution in [0.3, 0.4) is 0 Å². The highest BCUT2D eigenvalue weighted by atomic mass is 32.2. The molecule has 2 atom stereocenters. The quantitative estimate of drug-likeness (QED) is 0.686. The van der Waals surface area contributed by atoms with Crippen molar-refractivity contribution in [2.45, 2.75) is 32.3 Å². The highest BCUT2D eigenvalue weighted by Gasteiger charge is 2.29. The number of hydrogen-bond acceptors (Lipinski definition) is 4. The van der Waals surface area contributed by atoms with Crippen molar-refractivity contribution < 1.29 is 18.3 Å². The van der Waals surface area contributed by atoms with Crippen molar-refractivity contribution in [3.8, 4) is 0 Å². The van der Waals surface area contributed by atoms with Crippen LogP contribution in [0.1, 0.15) is 26.2 Å². The number of ether oxygens (including phenoxy) is 1. The van der Waals surface area contributed by atoms with Gasteiger partial charge < -0.3 is 9.84 Å². The van der Waals surface area contributed by atoms with Gasteiger partial charge in [-0.1, -0.05) is 6.92 Å². The predicted molar refractivity (Wildman–Crippen MR) is 58.5 cm³/mol. The molecule has 4 nitrogen and oxygen atoms in total. The lowest BCUT2D eigenvalue weighted by atomic mass is 10.0. The van der Waals surface area contributed by atoms with Crippen molar-refractivity contribution in [1.82, 2.24) is 0 Å². The fourth-order valence-corrected chi connectivity index (χ4v) is 3.75. The molecule has 1 rings (SSSR count). The van der Waals surface area contributed by atoms with Crippen LogP contribution in [0, 0.1) is 5.92 Å². The van der Waals surface area contributed by atoms with E-state index >= 15 is 0 Å². The maximum atomic E-state index is 11.2. The van der Waals surface area contributed by atoms with E-state index in [4.69, 9.17) is 4.74 Å². The molecule has 0 radical (unpaired) electrons. The third-order valence-corrected chi connectivity index (χ3v) is 4.43. The van der Waals surface area contributed by atoms with Gasteiger partial charge in [-0.25, -0.2) is 8.42 Å². The summed E-state index contributed by atoms with van der Waals surface area (Å²) in [4.78, 5) is 0. The first-order valence-electron chi connectivity index (χ1n) is 5.49. The van der Waals surface area contributed by atoms with Gasteiger partial charge in [-0.15, -0.1) is 0 Å². The van der Waals surface area contributed by atoms with Gasteiger partial charge in [-0.05, 0) is 25.2 Å². The Balaban J connectivity index is 2.19. The molecule has 1 aliphatic rings. The second kappa shape index (κ2) is 5.82. The summed E-state index contributed by atoms with van der Waals surface area (Å²) < 4.78 is 27.5. The molecule has 2 unspecified atom stereocenters. The highest BCUT2D eigenvalue weighted by Crippen LogP contribution is 2.22. The second-order valence-corrected chi connectivity index (χ2v) is 6.46. The Morgan fingerprint density at radius 1 is 1.53 bits per heavy atom. The van der Waals surface area contributed by atoms with E-state index in [1.54, 1.807) is 0 Å². The summed E-state index contributed by atoms with van der Waals surface area (Å²) >= 11 is 0. The Kier molecular flexibility index (Phi) is 5.02. The molecule has 90 valence electrons. The van der Waals surface area contributed by atoms with E-state index in [1.165, 1.54) is 0 Å². The van der Waals surface area contributed by atoms with Crippen molar-refractivity contribution in [1.29, 1.82) is 0 Å². The lowest BCUT2D eigenvalue weighted by Gasteiger charge is -2.14. The predicted octanol–water partition coefficient (Wildman–Crippen LogP) is 0.599. The summed E-state index contributed by atoms with van der Waals surface area (Å²) in [5, 5.41) is 9.59. The van der Waals surface area contributed by atoms with Crippen LogP contribution in [-0.2, 0) is 14.6 Å². The fourth-order valence-electron chi connectivity index (χ4n) is 1.87. The third-order valence-electron chi connectivity index (χ3n) is 2.59. The van der Waals surface area contributed by atoms with E-state index in [2.05, 4.69) is 0 Å². The molecule has 0 spiro atoms. The van der Waals surface area contributed by atoms with Crippen LogP contribution in [0.4, 0.5) is 0 Å². The van der Waals surface area contributed by atoms with Crippen LogP contribution in [0.15, 0.2) is 0 Å². The molecule has 0 aromatic carbocycles. The Labute approximate surface area is 91.6 Å². The molecule has 1 heterocycles. The third kappa shape index (κ3) is 4.95. The number of aliphatic hydroxyl groups excluding tert-OH is 1. The number of sulfone groups is 1. The summed E-state index contributed by atoms with van der Waals surface area (Å²) in [6.45, 7) is 2.99. The average Bonchev–Trinajstić information content (AvgIpc) is 2.46. The fraction of sp³-hybridized carbons (Fsp3) is 1.00. The van der Waals surface area contributed by atoms with Gasteiger partial charge in [0.15, 0.2) is 9.84 Å². The summed E-state index contributed by atoms with van der Waals surface area (Å²) in [6, 6.07) is 0. The minimum Gasteiger partial charge on any atom is -0.391 e. The van der Waals surface area contributed by atoms with Crippen LogP contribution >= 0.6 is 0 Å². The summed E-state index contributed by atoms with van der Waals surface area (Å²) in [5.41, 5.74) is 0. The zero-order chi connectivity index (χ0) is 11.3. The van der Waals surface area contributed by atoms with Crippen LogP contribution < -0.4 is 0 Å². The summed E-state index contributed by atoms with van der Waals surface area (Å²) in [6.07, 6.45) is 1.65. The topological polar surface area (TPSA) is 63.6 Å². The second-order valence-electron chi connectivity index (χ2n) is 4.23. The molecule has 1 fully saturated rings. The lowest BCUT2D eigenvalue weighted by molar-refractivity contribution is 0.0260. The van der Waals surface area contributed by atoms with Crippen molar-refractivity contribution in [2.75, 3.05) is 24.7 Å². The molecule has 0 aliphatic carbocycles. The molecule has 5 heteroatoms. The lowest BCUT2D eigenvalue weighted by Crippen LogP contribution is -2.20. The highest BCUT2D eigenvalue weighted by molar-refractivity contribution is 7.91. The number of aliphatic hydroxyl groups is 1. The summed E-state index contributed by atoms with van der Waals surface area (Å²) in [7, 11) is -2.82. The van der Waals surface area contributed by atoms with E-state index in [0.717, 1.165) is 6.42 Å². The van der Waals surface area contributed by atoms with Crippen LogP contribution in [0.2, 0.25) is 0 Å². The van der Waals surface area contributed by atoms with Crippen LogP contribution in [0.25, 0.3) is 0 Å². The SMILES string of the molecule is CCCOCC(O)CC1CCS(=O)(=O)C1. The van der Waals surface area contributed by atoms with E-state index in [9.17, 15) is 13.5 Å². The molecular formula is C10H20O4S. The van der Waals surface area contributed by atoms with E-state index in [0.29, 0.717) is 26.1 Å². The molecule has 1 N–H and O–H groups in total. The van der Waals surface area contributed by atoms with Gasteiger partial charge in [0.1, 0.15) is 0 Å². The molecule has 1 aliphatic heterocycles. The van der Waals surface area contributed by atoms with Gasteiger partial charge in [0.05, 0.1) is 24.2 Å². The minimum absolute atomic E-state index is 0.121. The monoisotopic (exact) mass is 236 g/mol. The minimum atomic E-state index is -2.82. The summed E-state index contributed by atoms with van der Waals surface area (Å²) in [5.74, 6) is 0.633. The molecule has 0 amide bonds. The molecule has 1 saturated heterocycles. The Hall–Kier alpha value is -0.130. The zero-order valence-electron chi connectivity index (χ0n) is 9.18. The Morgan fingerprint density at radius 3 is 2.80 bits per heavy atom. The van der Waals surface area contributed by atoms with Crippen molar-refractivity contribution in [2.24, 2.45) is 5.92 Å². The maximum absolute atomic E-state index is 11.2. The normalized spacial score (nSPS) is 26.7. The Morgan fingerprint density at radius 2 is 2.27 bits per heavy atom. The largest absolute Gasteiger partial charge is 0.391 e. The first-order valence-corrected chi connectivity index (χ1v) is 7.32. The van der Waals surface area contributed by atoms with E-state index in [1.807, 2.05) is 6.92 Å². The molecule has 0 saturated carbocycles. The van der Waals surface area contributed by atoms with E-state index < -0.39 is 15.9 Å². The number of hydrogen-bond donors (Lipinski definition) is 1. The van der Waals surface area contributed by atoms with Crippen LogP contribution in [-0.4, -0.2) is 44.3 Å². The van der Waals surface area contributed by atoms with Crippen molar-refractivity contribution in [3.05, 3.63) is 0 Å². The van der Waals surface area contributed by atoms with Gasteiger partial charge in [0.25, 0.3) is 0 Å². The maximum Gasteiger partial charge on any atom is 0.150 e. The smallest absolute Gasteiger partial charge is 0.150 e. The Bertz CT molecular complexity index is 273.